The maximum Gasteiger partial charge on any atom is 0.335 e. The molecule has 0 aromatic heterocycles. The molecule has 5 rings (SSSR count). The zero-order chi connectivity index (χ0) is 23.6. The summed E-state index contributed by atoms with van der Waals surface area (Å²) < 4.78 is 22.9. The Morgan fingerprint density at radius 2 is 2.12 bits per heavy atom. The Bertz CT molecular complexity index is 931. The van der Waals surface area contributed by atoms with E-state index in [1.54, 1.807) is 0 Å². The predicted octanol–water partition coefficient (Wildman–Crippen LogP) is -0.0593. The fourth-order valence-electron chi connectivity index (χ4n) is 6.00. The lowest BCUT2D eigenvalue weighted by molar-refractivity contribution is -0.426. The van der Waals surface area contributed by atoms with Crippen LogP contribution in [0.4, 0.5) is 0 Å². The Hall–Kier alpha value is -1.79. The van der Waals surface area contributed by atoms with Gasteiger partial charge < -0.3 is 44.7 Å². The zero-order valence-corrected chi connectivity index (χ0v) is 18.7. The van der Waals surface area contributed by atoms with Crippen LogP contribution in [0, 0.1) is 5.41 Å². The van der Waals surface area contributed by atoms with E-state index in [1.807, 2.05) is 6.08 Å². The van der Waals surface area contributed by atoms with Gasteiger partial charge >= 0.3 is 5.97 Å². The molecule has 2 aliphatic carbocycles. The van der Waals surface area contributed by atoms with Gasteiger partial charge in [-0.3, -0.25) is 0 Å². The molecule has 182 valence electrons. The molecule has 8 atom stereocenters. The number of allylic oxidation sites excluding steroid dienone is 2. The first-order chi connectivity index (χ1) is 15.6. The minimum absolute atomic E-state index is 0.187. The van der Waals surface area contributed by atoms with Crippen molar-refractivity contribution in [3.8, 4) is 0 Å². The number of hydrogen-bond donors (Lipinski definition) is 5. The van der Waals surface area contributed by atoms with E-state index in [9.17, 15) is 25.2 Å². The van der Waals surface area contributed by atoms with Crippen molar-refractivity contribution in [3.63, 3.8) is 0 Å². The highest BCUT2D eigenvalue weighted by molar-refractivity contribution is 5.73. The van der Waals surface area contributed by atoms with Gasteiger partial charge in [-0.15, -0.1) is 0 Å². The lowest BCUT2D eigenvalue weighted by atomic mass is 9.67. The Labute approximate surface area is 191 Å². The smallest absolute Gasteiger partial charge is 0.335 e. The molecule has 5 N–H and O–H groups in total. The Kier molecular flexibility index (Phi) is 5.48. The summed E-state index contributed by atoms with van der Waals surface area (Å²) in [5.74, 6) is -5.14. The molecule has 0 radical (unpaired) electrons. The van der Waals surface area contributed by atoms with Crippen LogP contribution in [-0.4, -0.2) is 88.7 Å². The van der Waals surface area contributed by atoms with Gasteiger partial charge in [0.15, 0.2) is 18.0 Å². The summed E-state index contributed by atoms with van der Waals surface area (Å²) in [4.78, 5) is 11.7. The standard InChI is InChI=1S/C23H31NO9/c1-21(20(28)23(29,30-2)18(25)17(33-21)19(26)27)32-13-6-7-22-8-9-24-11-12-4-3-5-14(16(12)22)31-15(22)10-13/h5-7,13,15,17-18,20,24-25,28-29H,3-4,8-11H2,1-2H3,(H,26,27)/t13-,15?,17-,18+,20-,21+,22-,23+/m0/s1. The molecule has 0 aromatic carbocycles. The molecule has 5 aliphatic rings. The van der Waals surface area contributed by atoms with Gasteiger partial charge in [-0.2, -0.15) is 0 Å². The highest BCUT2D eigenvalue weighted by Crippen LogP contribution is 2.56. The molecular formula is C23H31NO9. The van der Waals surface area contributed by atoms with E-state index in [2.05, 4.69) is 17.5 Å². The maximum atomic E-state index is 11.7. The molecule has 10 nitrogen and oxygen atoms in total. The van der Waals surface area contributed by atoms with Gasteiger partial charge in [0.25, 0.3) is 0 Å². The number of ether oxygens (including phenoxy) is 4. The number of nitrogens with one attached hydrogen (secondary N) is 1. The summed E-state index contributed by atoms with van der Waals surface area (Å²) in [6.45, 7) is 3.04. The molecule has 0 bridgehead atoms. The minimum atomic E-state index is -2.59. The lowest BCUT2D eigenvalue weighted by Gasteiger charge is -2.51. The second-order valence-electron chi connectivity index (χ2n) is 9.61. The first-order valence-electron chi connectivity index (χ1n) is 11.4. The van der Waals surface area contributed by atoms with Gasteiger partial charge in [-0.05, 0) is 44.4 Å². The minimum Gasteiger partial charge on any atom is -0.489 e. The van der Waals surface area contributed by atoms with Gasteiger partial charge in [0.1, 0.15) is 18.0 Å². The van der Waals surface area contributed by atoms with Gasteiger partial charge in [-0.1, -0.05) is 12.2 Å². The molecule has 3 heterocycles. The lowest BCUT2D eigenvalue weighted by Crippen LogP contribution is -2.73. The first-order valence-corrected chi connectivity index (χ1v) is 11.4. The third-order valence-electron chi connectivity index (χ3n) is 7.71. The average molecular weight is 465 g/mol. The van der Waals surface area contributed by atoms with Crippen molar-refractivity contribution in [1.29, 1.82) is 0 Å². The van der Waals surface area contributed by atoms with Crippen LogP contribution in [-0.2, 0) is 23.7 Å². The summed E-state index contributed by atoms with van der Waals surface area (Å²) in [5.41, 5.74) is 2.38. The number of carboxylic acids is 1. The number of aliphatic carboxylic acids is 1. The molecule has 0 aromatic rings. The van der Waals surface area contributed by atoms with E-state index in [1.165, 1.54) is 18.1 Å². The van der Waals surface area contributed by atoms with Gasteiger partial charge in [-0.25, -0.2) is 4.79 Å². The molecule has 2 saturated heterocycles. The first kappa shape index (κ1) is 23.0. The topological polar surface area (TPSA) is 147 Å². The van der Waals surface area contributed by atoms with E-state index in [0.29, 0.717) is 6.42 Å². The SMILES string of the molecule is CO[C@]1(O)[C@H](O)[C@@H](C(=O)O)O[C@@](C)(O[C@H]2C=C[C@@]34CCNCC5=C3C(=CCC5)OC4C2)[C@@H]1O. The van der Waals surface area contributed by atoms with E-state index in [-0.39, 0.29) is 11.5 Å². The molecule has 3 aliphatic heterocycles. The van der Waals surface area contributed by atoms with Gasteiger partial charge in [0.05, 0.1) is 11.5 Å². The molecule has 1 unspecified atom stereocenters. The predicted molar refractivity (Wildman–Crippen MR) is 113 cm³/mol. The summed E-state index contributed by atoms with van der Waals surface area (Å²) in [6.07, 6.45) is 2.86. The van der Waals surface area contributed by atoms with Crippen LogP contribution in [0.3, 0.4) is 0 Å². The second-order valence-corrected chi connectivity index (χ2v) is 9.61. The molecule has 2 fully saturated rings. The Balaban J connectivity index is 1.44. The van der Waals surface area contributed by atoms with E-state index in [4.69, 9.17) is 18.9 Å². The number of hydrogen-bond acceptors (Lipinski definition) is 9. The fourth-order valence-corrected chi connectivity index (χ4v) is 6.00. The van der Waals surface area contributed by atoms with Crippen molar-refractivity contribution in [2.75, 3.05) is 20.2 Å². The third-order valence-corrected chi connectivity index (χ3v) is 7.71. The van der Waals surface area contributed by atoms with Gasteiger partial charge in [0.2, 0.25) is 5.79 Å². The van der Waals surface area contributed by atoms with Crippen molar-refractivity contribution in [3.05, 3.63) is 35.1 Å². The molecule has 1 spiro atoms. The summed E-state index contributed by atoms with van der Waals surface area (Å²) >= 11 is 0. The molecule has 33 heavy (non-hydrogen) atoms. The van der Waals surface area contributed by atoms with Crippen LogP contribution < -0.4 is 5.32 Å². The number of carbonyl (C=O) groups is 1. The average Bonchev–Trinajstić information content (AvgIpc) is 2.99. The largest absolute Gasteiger partial charge is 0.489 e. The molecular weight excluding hydrogens is 434 g/mol. The quantitative estimate of drug-likeness (QED) is 0.283. The van der Waals surface area contributed by atoms with E-state index in [0.717, 1.165) is 45.2 Å². The zero-order valence-electron chi connectivity index (χ0n) is 18.7. The van der Waals surface area contributed by atoms with E-state index < -0.39 is 42.0 Å². The number of aliphatic hydroxyl groups excluding tert-OH is 2. The maximum absolute atomic E-state index is 11.7. The van der Waals surface area contributed by atoms with Crippen LogP contribution in [0.15, 0.2) is 35.1 Å². The number of aliphatic hydroxyl groups is 3. The van der Waals surface area contributed by atoms with Crippen LogP contribution in [0.25, 0.3) is 0 Å². The van der Waals surface area contributed by atoms with E-state index >= 15 is 0 Å². The Morgan fingerprint density at radius 1 is 1.33 bits per heavy atom. The highest BCUT2D eigenvalue weighted by Gasteiger charge is 2.64. The monoisotopic (exact) mass is 465 g/mol. The van der Waals surface area contributed by atoms with Crippen molar-refractivity contribution in [2.45, 2.75) is 74.7 Å². The number of rotatable bonds is 4. The normalized spacial score (nSPS) is 46.7. The van der Waals surface area contributed by atoms with Crippen molar-refractivity contribution in [1.82, 2.24) is 5.32 Å². The van der Waals surface area contributed by atoms with Crippen molar-refractivity contribution in [2.24, 2.45) is 5.41 Å². The summed E-state index contributed by atoms with van der Waals surface area (Å²) in [7, 11) is 1.06. The highest BCUT2D eigenvalue weighted by atomic mass is 16.7. The van der Waals surface area contributed by atoms with Crippen LogP contribution in [0.1, 0.15) is 32.6 Å². The second kappa shape index (κ2) is 7.88. The number of carboxylic acid groups (broad SMARTS) is 1. The number of methoxy groups -OCH3 is 1. The Morgan fingerprint density at radius 3 is 2.85 bits per heavy atom. The summed E-state index contributed by atoms with van der Waals surface area (Å²) in [5, 5.41) is 44.8. The van der Waals surface area contributed by atoms with Crippen molar-refractivity contribution < 1.29 is 44.2 Å². The van der Waals surface area contributed by atoms with Gasteiger partial charge in [0, 0.05) is 25.6 Å². The fraction of sp³-hybridized carbons (Fsp3) is 0.696. The van der Waals surface area contributed by atoms with Crippen LogP contribution >= 0.6 is 0 Å². The molecule has 10 heteroatoms. The van der Waals surface area contributed by atoms with Crippen molar-refractivity contribution >= 4 is 5.97 Å². The van der Waals surface area contributed by atoms with Crippen LogP contribution in [0.5, 0.6) is 0 Å². The third kappa shape index (κ3) is 3.31. The summed E-state index contributed by atoms with van der Waals surface area (Å²) in [6, 6.07) is 0. The molecule has 0 saturated carbocycles. The molecule has 0 amide bonds. The van der Waals surface area contributed by atoms with Crippen LogP contribution in [0.2, 0.25) is 0 Å².